The van der Waals surface area contributed by atoms with Crippen LogP contribution in [0.25, 0.3) is 0 Å². The Hall–Kier alpha value is -2.17. The number of piperidine rings is 1. The molecule has 0 aliphatic carbocycles. The molecule has 138 valence electrons. The van der Waals surface area contributed by atoms with Gasteiger partial charge in [-0.15, -0.1) is 0 Å². The fourth-order valence-corrected chi connectivity index (χ4v) is 4.77. The summed E-state index contributed by atoms with van der Waals surface area (Å²) in [5, 5.41) is 4.48. The van der Waals surface area contributed by atoms with E-state index >= 15 is 0 Å². The number of hydrogen-bond donors (Lipinski definition) is 0. The number of carbonyl (C=O) groups is 1. The number of nitrogens with zero attached hydrogens (tertiary/aromatic N) is 3. The highest BCUT2D eigenvalue weighted by molar-refractivity contribution is 5.93. The average Bonchev–Trinajstić information content (AvgIpc) is 3.13. The van der Waals surface area contributed by atoms with Gasteiger partial charge in [0.15, 0.2) is 5.69 Å². The highest BCUT2D eigenvalue weighted by atomic mass is 19.1. The van der Waals surface area contributed by atoms with Crippen LogP contribution in [0.4, 0.5) is 4.39 Å². The summed E-state index contributed by atoms with van der Waals surface area (Å²) < 4.78 is 15.5. The van der Waals surface area contributed by atoms with Gasteiger partial charge in [-0.1, -0.05) is 12.1 Å². The lowest BCUT2D eigenvalue weighted by molar-refractivity contribution is 0.0564. The smallest absolute Gasteiger partial charge is 0.274 e. The molecule has 1 amide bonds. The van der Waals surface area contributed by atoms with Crippen molar-refractivity contribution >= 4 is 5.91 Å². The van der Waals surface area contributed by atoms with Gasteiger partial charge in [0.25, 0.3) is 5.91 Å². The SMILES string of the molecule is CCn1nc(C(=O)N2[C@@H]3CC[C@H]2CC(c2ccc(F)c(C)c2)C3)cc1C. The molecule has 2 aliphatic rings. The van der Waals surface area contributed by atoms with E-state index in [9.17, 15) is 9.18 Å². The van der Waals surface area contributed by atoms with Crippen LogP contribution in [0.2, 0.25) is 0 Å². The lowest BCUT2D eigenvalue weighted by Gasteiger charge is -2.39. The van der Waals surface area contributed by atoms with E-state index in [4.69, 9.17) is 0 Å². The van der Waals surface area contributed by atoms with Crippen LogP contribution in [0.15, 0.2) is 24.3 Å². The summed E-state index contributed by atoms with van der Waals surface area (Å²) in [4.78, 5) is 15.2. The number of rotatable bonds is 3. The minimum Gasteiger partial charge on any atom is -0.331 e. The van der Waals surface area contributed by atoms with Crippen LogP contribution >= 0.6 is 0 Å². The monoisotopic (exact) mass is 355 g/mol. The lowest BCUT2D eigenvalue weighted by atomic mass is 9.84. The number of halogens is 1. The van der Waals surface area contributed by atoms with Crippen molar-refractivity contribution in [3.63, 3.8) is 0 Å². The Morgan fingerprint density at radius 1 is 1.19 bits per heavy atom. The quantitative estimate of drug-likeness (QED) is 0.827. The first-order chi connectivity index (χ1) is 12.5. The molecule has 2 aliphatic heterocycles. The van der Waals surface area contributed by atoms with Crippen LogP contribution in [-0.4, -0.2) is 32.7 Å². The number of hydrogen-bond acceptors (Lipinski definition) is 2. The van der Waals surface area contributed by atoms with Gasteiger partial charge in [-0.3, -0.25) is 9.48 Å². The molecule has 1 aromatic heterocycles. The van der Waals surface area contributed by atoms with Crippen molar-refractivity contribution in [3.05, 3.63) is 52.6 Å². The minimum atomic E-state index is -0.147. The van der Waals surface area contributed by atoms with Gasteiger partial charge >= 0.3 is 0 Å². The van der Waals surface area contributed by atoms with E-state index in [-0.39, 0.29) is 23.8 Å². The van der Waals surface area contributed by atoms with Crippen LogP contribution in [-0.2, 0) is 6.54 Å². The Labute approximate surface area is 154 Å². The molecule has 3 heterocycles. The molecule has 2 fully saturated rings. The topological polar surface area (TPSA) is 38.1 Å². The van der Waals surface area contributed by atoms with Crippen LogP contribution in [0.3, 0.4) is 0 Å². The van der Waals surface area contributed by atoms with Crippen molar-refractivity contribution < 1.29 is 9.18 Å². The highest BCUT2D eigenvalue weighted by Crippen LogP contribution is 2.43. The maximum atomic E-state index is 13.6. The molecule has 26 heavy (non-hydrogen) atoms. The van der Waals surface area contributed by atoms with Gasteiger partial charge in [0, 0.05) is 24.3 Å². The summed E-state index contributed by atoms with van der Waals surface area (Å²) in [5.74, 6) is 0.332. The third-order valence-electron chi connectivity index (χ3n) is 6.12. The molecule has 2 aromatic rings. The van der Waals surface area contributed by atoms with E-state index in [2.05, 4.69) is 10.00 Å². The van der Waals surface area contributed by atoms with Gasteiger partial charge < -0.3 is 4.90 Å². The fraction of sp³-hybridized carbons (Fsp3) is 0.524. The summed E-state index contributed by atoms with van der Waals surface area (Å²) in [5.41, 5.74) is 3.50. The fourth-order valence-electron chi connectivity index (χ4n) is 4.77. The van der Waals surface area contributed by atoms with Crippen molar-refractivity contribution in [2.24, 2.45) is 0 Å². The predicted octanol–water partition coefficient (Wildman–Crippen LogP) is 4.21. The number of aryl methyl sites for hydroxylation is 3. The van der Waals surface area contributed by atoms with Crippen LogP contribution < -0.4 is 0 Å². The molecule has 0 radical (unpaired) electrons. The van der Waals surface area contributed by atoms with Crippen LogP contribution in [0.5, 0.6) is 0 Å². The summed E-state index contributed by atoms with van der Waals surface area (Å²) >= 11 is 0. The zero-order valence-corrected chi connectivity index (χ0v) is 15.7. The van der Waals surface area contributed by atoms with Crippen molar-refractivity contribution in [2.75, 3.05) is 0 Å². The third kappa shape index (κ3) is 2.83. The summed E-state index contributed by atoms with van der Waals surface area (Å²) in [6.45, 7) is 6.62. The molecular formula is C21H26FN3O. The van der Waals surface area contributed by atoms with Gasteiger partial charge in [0.2, 0.25) is 0 Å². The van der Waals surface area contributed by atoms with E-state index < -0.39 is 0 Å². The first-order valence-corrected chi connectivity index (χ1v) is 9.61. The second kappa shape index (κ2) is 6.53. The molecule has 2 saturated heterocycles. The van der Waals surface area contributed by atoms with Crippen molar-refractivity contribution in [1.29, 1.82) is 0 Å². The van der Waals surface area contributed by atoms with Gasteiger partial charge in [-0.05, 0) is 75.6 Å². The van der Waals surface area contributed by atoms with Crippen LogP contribution in [0, 0.1) is 19.7 Å². The molecule has 4 rings (SSSR count). The number of fused-ring (bicyclic) bond motifs is 2. The van der Waals surface area contributed by atoms with E-state index in [1.165, 1.54) is 5.56 Å². The van der Waals surface area contributed by atoms with E-state index in [1.807, 2.05) is 43.7 Å². The molecular weight excluding hydrogens is 329 g/mol. The van der Waals surface area contributed by atoms with Gasteiger partial charge in [-0.25, -0.2) is 4.39 Å². The predicted molar refractivity (Wildman–Crippen MR) is 98.7 cm³/mol. The molecule has 4 nitrogen and oxygen atoms in total. The van der Waals surface area contributed by atoms with Crippen molar-refractivity contribution in [2.45, 2.75) is 71.0 Å². The molecule has 0 spiro atoms. The maximum absolute atomic E-state index is 13.6. The second-order valence-electron chi connectivity index (χ2n) is 7.76. The van der Waals surface area contributed by atoms with Gasteiger partial charge in [0.1, 0.15) is 5.82 Å². The summed E-state index contributed by atoms with van der Waals surface area (Å²) in [6.07, 6.45) is 4.03. The third-order valence-corrected chi connectivity index (χ3v) is 6.12. The number of amides is 1. The molecule has 1 aromatic carbocycles. The van der Waals surface area contributed by atoms with Crippen molar-refractivity contribution in [1.82, 2.24) is 14.7 Å². The van der Waals surface area contributed by atoms with E-state index in [0.29, 0.717) is 17.2 Å². The second-order valence-corrected chi connectivity index (χ2v) is 7.76. The highest BCUT2D eigenvalue weighted by Gasteiger charge is 2.44. The molecule has 2 bridgehead atoms. The maximum Gasteiger partial charge on any atom is 0.274 e. The summed E-state index contributed by atoms with van der Waals surface area (Å²) in [6, 6.07) is 7.90. The number of aromatic nitrogens is 2. The molecule has 0 N–H and O–H groups in total. The largest absolute Gasteiger partial charge is 0.331 e. The first-order valence-electron chi connectivity index (χ1n) is 9.61. The average molecular weight is 355 g/mol. The zero-order chi connectivity index (χ0) is 18.4. The Morgan fingerprint density at radius 3 is 2.46 bits per heavy atom. The van der Waals surface area contributed by atoms with Crippen LogP contribution in [0.1, 0.15) is 65.8 Å². The standard InChI is InChI=1S/C21H26FN3O/c1-4-24-14(3)10-20(23-24)21(26)25-17-6-7-18(25)12-16(11-17)15-5-8-19(22)13(2)9-15/h5,8-10,16-18H,4,6-7,11-12H2,1-3H3/t16?,17-,18+. The zero-order valence-electron chi connectivity index (χ0n) is 15.7. The molecule has 3 atom stereocenters. The summed E-state index contributed by atoms with van der Waals surface area (Å²) in [7, 11) is 0. The van der Waals surface area contributed by atoms with Gasteiger partial charge in [-0.2, -0.15) is 5.10 Å². The number of carbonyl (C=O) groups excluding carboxylic acids is 1. The Balaban J connectivity index is 1.54. The van der Waals surface area contributed by atoms with E-state index in [0.717, 1.165) is 37.9 Å². The minimum absolute atomic E-state index is 0.0709. The van der Waals surface area contributed by atoms with Gasteiger partial charge in [0.05, 0.1) is 0 Å². The first kappa shape index (κ1) is 17.3. The molecule has 5 heteroatoms. The Bertz CT molecular complexity index is 830. The normalized spacial score (nSPS) is 24.9. The molecule has 1 unspecified atom stereocenters. The Morgan fingerprint density at radius 2 is 1.88 bits per heavy atom. The molecule has 0 saturated carbocycles. The Kier molecular flexibility index (Phi) is 4.33. The lowest BCUT2D eigenvalue weighted by Crippen LogP contribution is -2.46. The van der Waals surface area contributed by atoms with Crippen molar-refractivity contribution in [3.8, 4) is 0 Å². The van der Waals surface area contributed by atoms with E-state index in [1.54, 1.807) is 6.07 Å². The number of benzene rings is 1.